The molecule has 3 aromatic rings. The van der Waals surface area contributed by atoms with Crippen molar-refractivity contribution in [3.8, 4) is 11.8 Å². The molecule has 25 heavy (non-hydrogen) atoms. The normalized spacial score (nSPS) is 22.0. The van der Waals surface area contributed by atoms with Crippen LogP contribution in [0.25, 0.3) is 10.8 Å². The summed E-state index contributed by atoms with van der Waals surface area (Å²) in [7, 11) is 0. The van der Waals surface area contributed by atoms with Crippen LogP contribution in [0.15, 0.2) is 60.7 Å². The van der Waals surface area contributed by atoms with Gasteiger partial charge in [0, 0.05) is 12.1 Å². The summed E-state index contributed by atoms with van der Waals surface area (Å²) in [5.74, 6) is 0.981. The topological polar surface area (TPSA) is 36.3 Å². The third kappa shape index (κ3) is 2.22. The molecule has 0 spiro atoms. The van der Waals surface area contributed by atoms with E-state index in [1.165, 1.54) is 22.9 Å². The Morgan fingerprint density at radius 2 is 1.92 bits per heavy atom. The van der Waals surface area contributed by atoms with Crippen molar-refractivity contribution >= 4 is 10.8 Å². The van der Waals surface area contributed by atoms with E-state index >= 15 is 0 Å². The van der Waals surface area contributed by atoms with E-state index in [9.17, 15) is 5.26 Å². The fourth-order valence-corrected chi connectivity index (χ4v) is 4.27. The largest absolute Gasteiger partial charge is 0.475 e. The summed E-state index contributed by atoms with van der Waals surface area (Å²) < 4.78 is 6.33. The molecule has 3 aromatic carbocycles. The maximum absolute atomic E-state index is 9.21. The fourth-order valence-electron chi connectivity index (χ4n) is 4.27. The first kappa shape index (κ1) is 14.5. The Kier molecular flexibility index (Phi) is 3.26. The van der Waals surface area contributed by atoms with Crippen molar-refractivity contribution in [2.75, 3.05) is 6.54 Å². The summed E-state index contributed by atoms with van der Waals surface area (Å²) in [5, 5.41) is 11.5. The molecular weight excluding hydrogens is 308 g/mol. The summed E-state index contributed by atoms with van der Waals surface area (Å²) in [6.45, 7) is 1.05. The molecule has 1 fully saturated rings. The van der Waals surface area contributed by atoms with Gasteiger partial charge in [-0.15, -0.1) is 0 Å². The summed E-state index contributed by atoms with van der Waals surface area (Å²) in [6, 6.07) is 23.2. The molecule has 0 aliphatic carbocycles. The van der Waals surface area contributed by atoms with E-state index < -0.39 is 0 Å². The number of rotatable bonds is 1. The molecule has 2 atom stereocenters. The lowest BCUT2D eigenvalue weighted by molar-refractivity contribution is 0.0176. The van der Waals surface area contributed by atoms with Crippen LogP contribution in [0.3, 0.4) is 0 Å². The van der Waals surface area contributed by atoms with Crippen molar-refractivity contribution in [1.29, 1.82) is 5.26 Å². The molecule has 0 radical (unpaired) electrons. The van der Waals surface area contributed by atoms with E-state index in [1.807, 2.05) is 12.1 Å². The van der Waals surface area contributed by atoms with Crippen LogP contribution in [-0.4, -0.2) is 17.7 Å². The third-order valence-corrected chi connectivity index (χ3v) is 5.37. The highest BCUT2D eigenvalue weighted by Gasteiger charge is 2.40. The Labute approximate surface area is 147 Å². The molecule has 0 saturated carbocycles. The molecule has 1 saturated heterocycles. The van der Waals surface area contributed by atoms with Gasteiger partial charge in [0.05, 0.1) is 17.7 Å². The predicted octanol–water partition coefficient (Wildman–Crippen LogP) is 4.62. The second-order valence-electron chi connectivity index (χ2n) is 6.79. The van der Waals surface area contributed by atoms with Crippen LogP contribution in [0.4, 0.5) is 0 Å². The quantitative estimate of drug-likeness (QED) is 0.655. The minimum absolute atomic E-state index is 0.161. The van der Waals surface area contributed by atoms with Crippen LogP contribution < -0.4 is 4.74 Å². The predicted molar refractivity (Wildman–Crippen MR) is 97.3 cm³/mol. The van der Waals surface area contributed by atoms with Gasteiger partial charge in [0.2, 0.25) is 0 Å². The van der Waals surface area contributed by atoms with Gasteiger partial charge in [-0.2, -0.15) is 5.26 Å². The van der Waals surface area contributed by atoms with Gasteiger partial charge in [0.1, 0.15) is 5.75 Å². The zero-order valence-corrected chi connectivity index (χ0v) is 13.9. The molecule has 122 valence electrons. The minimum Gasteiger partial charge on any atom is -0.475 e. The third-order valence-electron chi connectivity index (χ3n) is 5.37. The Morgan fingerprint density at radius 1 is 1.04 bits per heavy atom. The number of fused-ring (bicyclic) bond motifs is 4. The molecule has 2 aliphatic heterocycles. The standard InChI is InChI=1S/C22H18N2O/c23-14-15-8-10-18-17(13-15)9-11-19-21(18)22(16-5-2-1-3-6-16)24-12-4-7-20(24)25-19/h1-3,5-6,8-11,13,20,22H,4,7,12H2. The Hall–Kier alpha value is -2.83. The smallest absolute Gasteiger partial charge is 0.153 e. The van der Waals surface area contributed by atoms with Crippen molar-refractivity contribution in [1.82, 2.24) is 4.90 Å². The van der Waals surface area contributed by atoms with Crippen LogP contribution in [0.2, 0.25) is 0 Å². The molecule has 0 aromatic heterocycles. The Morgan fingerprint density at radius 3 is 2.76 bits per heavy atom. The minimum atomic E-state index is 0.161. The molecule has 3 nitrogen and oxygen atoms in total. The first-order valence-corrected chi connectivity index (χ1v) is 8.79. The van der Waals surface area contributed by atoms with Gasteiger partial charge in [0.15, 0.2) is 6.23 Å². The van der Waals surface area contributed by atoms with Crippen LogP contribution in [-0.2, 0) is 0 Å². The monoisotopic (exact) mass is 326 g/mol. The second kappa shape index (κ2) is 5.61. The van der Waals surface area contributed by atoms with Gasteiger partial charge in [0.25, 0.3) is 0 Å². The lowest BCUT2D eigenvalue weighted by Gasteiger charge is -2.40. The van der Waals surface area contributed by atoms with Gasteiger partial charge >= 0.3 is 0 Å². The SMILES string of the molecule is N#Cc1ccc2c3c(ccc2c1)OC1CCCN1C3c1ccccc1. The highest BCUT2D eigenvalue weighted by atomic mass is 16.5. The highest BCUT2D eigenvalue weighted by Crippen LogP contribution is 2.46. The molecular formula is C22H18N2O. The van der Waals surface area contributed by atoms with E-state index in [2.05, 4.69) is 59.5 Å². The van der Waals surface area contributed by atoms with Gasteiger partial charge in [-0.1, -0.05) is 42.5 Å². The average molecular weight is 326 g/mol. The molecule has 3 heteroatoms. The maximum Gasteiger partial charge on any atom is 0.153 e. The lowest BCUT2D eigenvalue weighted by atomic mass is 9.90. The number of ether oxygens (including phenoxy) is 1. The highest BCUT2D eigenvalue weighted by molar-refractivity contribution is 5.90. The van der Waals surface area contributed by atoms with E-state index in [0.29, 0.717) is 5.56 Å². The Balaban J connectivity index is 1.78. The molecule has 2 aliphatic rings. The molecule has 2 heterocycles. The van der Waals surface area contributed by atoms with Crippen LogP contribution >= 0.6 is 0 Å². The van der Waals surface area contributed by atoms with Crippen LogP contribution in [0, 0.1) is 11.3 Å². The number of nitrogens with zero attached hydrogens (tertiary/aromatic N) is 2. The molecule has 0 bridgehead atoms. The maximum atomic E-state index is 9.21. The van der Waals surface area contributed by atoms with Crippen molar-refractivity contribution in [2.45, 2.75) is 25.1 Å². The van der Waals surface area contributed by atoms with Crippen molar-refractivity contribution in [2.24, 2.45) is 0 Å². The van der Waals surface area contributed by atoms with Gasteiger partial charge < -0.3 is 4.74 Å². The molecule has 0 N–H and O–H groups in total. The number of nitriles is 1. The average Bonchev–Trinajstić information content (AvgIpc) is 3.14. The summed E-state index contributed by atoms with van der Waals surface area (Å²) in [6.07, 6.45) is 2.40. The van der Waals surface area contributed by atoms with Gasteiger partial charge in [-0.25, -0.2) is 0 Å². The summed E-state index contributed by atoms with van der Waals surface area (Å²) >= 11 is 0. The van der Waals surface area contributed by atoms with Crippen LogP contribution in [0.1, 0.15) is 35.6 Å². The zero-order valence-electron chi connectivity index (χ0n) is 13.9. The first-order valence-electron chi connectivity index (χ1n) is 8.79. The summed E-state index contributed by atoms with van der Waals surface area (Å²) in [5.41, 5.74) is 3.22. The first-order chi connectivity index (χ1) is 12.3. The number of hydrogen-bond donors (Lipinski definition) is 0. The van der Waals surface area contributed by atoms with Crippen molar-refractivity contribution in [3.63, 3.8) is 0 Å². The molecule has 5 rings (SSSR count). The summed E-state index contributed by atoms with van der Waals surface area (Å²) in [4.78, 5) is 2.48. The second-order valence-corrected chi connectivity index (χ2v) is 6.79. The lowest BCUT2D eigenvalue weighted by Crippen LogP contribution is -2.41. The van der Waals surface area contributed by atoms with E-state index in [-0.39, 0.29) is 12.3 Å². The van der Waals surface area contributed by atoms with E-state index in [4.69, 9.17) is 4.74 Å². The van der Waals surface area contributed by atoms with Crippen LogP contribution in [0.5, 0.6) is 5.75 Å². The number of hydrogen-bond acceptors (Lipinski definition) is 3. The molecule has 2 unspecified atom stereocenters. The van der Waals surface area contributed by atoms with Gasteiger partial charge in [-0.3, -0.25) is 4.90 Å². The van der Waals surface area contributed by atoms with E-state index in [0.717, 1.165) is 24.1 Å². The van der Waals surface area contributed by atoms with Crippen molar-refractivity contribution < 1.29 is 4.74 Å². The number of benzene rings is 3. The molecule has 0 amide bonds. The fraction of sp³-hybridized carbons (Fsp3) is 0.227. The van der Waals surface area contributed by atoms with Gasteiger partial charge in [-0.05, 0) is 47.4 Å². The van der Waals surface area contributed by atoms with E-state index in [1.54, 1.807) is 0 Å². The Bertz CT molecular complexity index is 990. The van der Waals surface area contributed by atoms with Crippen molar-refractivity contribution in [3.05, 3.63) is 77.4 Å². The zero-order chi connectivity index (χ0) is 16.8.